The molecule has 92 heavy (non-hydrogen) atoms. The van der Waals surface area contributed by atoms with Crippen molar-refractivity contribution < 1.29 is 0 Å². The Bertz CT molecular complexity index is 5780. The summed E-state index contributed by atoms with van der Waals surface area (Å²) in [7, 11) is 0. The summed E-state index contributed by atoms with van der Waals surface area (Å²) in [6.07, 6.45) is 0. The summed E-state index contributed by atoms with van der Waals surface area (Å²) in [5, 5.41) is 17.4. The van der Waals surface area contributed by atoms with Gasteiger partial charge < -0.3 is 18.3 Å². The van der Waals surface area contributed by atoms with E-state index < -0.39 is 0 Å². The highest BCUT2D eigenvalue weighted by molar-refractivity contribution is 6.33. The van der Waals surface area contributed by atoms with Crippen molar-refractivity contribution in [3.63, 3.8) is 0 Å². The molecule has 0 saturated heterocycles. The first-order valence-corrected chi connectivity index (χ1v) is 31.8. The molecule has 0 fully saturated rings. The van der Waals surface area contributed by atoms with E-state index in [2.05, 4.69) is 346 Å². The number of fused-ring (bicyclic) bond motifs is 12. The quantitative estimate of drug-likeness (QED) is 0.135. The third kappa shape index (κ3) is 7.34. The molecule has 0 aliphatic heterocycles. The van der Waals surface area contributed by atoms with E-state index in [9.17, 15) is 0 Å². The Hall–Kier alpha value is -12.2. The second-order valence-electron chi connectivity index (χ2n) is 24.7. The van der Waals surface area contributed by atoms with Gasteiger partial charge in [0.25, 0.3) is 0 Å². The van der Waals surface area contributed by atoms with E-state index in [1.165, 1.54) is 153 Å². The zero-order valence-corrected chi connectivity index (χ0v) is 50.0. The highest BCUT2D eigenvalue weighted by atomic mass is 15.0. The van der Waals surface area contributed by atoms with E-state index in [4.69, 9.17) is 0 Å². The van der Waals surface area contributed by atoms with Crippen LogP contribution in [0.2, 0.25) is 0 Å². The van der Waals surface area contributed by atoms with E-state index >= 15 is 0 Å². The summed E-state index contributed by atoms with van der Waals surface area (Å²) in [6.45, 7) is 0. The van der Waals surface area contributed by atoms with E-state index in [-0.39, 0.29) is 0 Å². The smallest absolute Gasteiger partial charge is 0.0541 e. The van der Waals surface area contributed by atoms with Crippen LogP contribution >= 0.6 is 0 Å². The molecule has 20 rings (SSSR count). The Labute approximate surface area is 529 Å². The average Bonchev–Trinajstić information content (AvgIpc) is 1.17. The van der Waals surface area contributed by atoms with Crippen molar-refractivity contribution in [2.45, 2.75) is 0 Å². The van der Waals surface area contributed by atoms with Crippen LogP contribution in [-0.4, -0.2) is 18.3 Å². The summed E-state index contributed by atoms with van der Waals surface area (Å²) < 4.78 is 9.65. The zero-order chi connectivity index (χ0) is 60.1. The number of benzene rings is 16. The van der Waals surface area contributed by atoms with Crippen LogP contribution in [0.5, 0.6) is 0 Å². The van der Waals surface area contributed by atoms with Crippen molar-refractivity contribution in [2.75, 3.05) is 0 Å². The van der Waals surface area contributed by atoms with E-state index in [0.29, 0.717) is 0 Å². The van der Waals surface area contributed by atoms with Crippen LogP contribution in [0, 0.1) is 0 Å². The predicted molar refractivity (Wildman–Crippen MR) is 389 cm³/mol. The topological polar surface area (TPSA) is 19.7 Å². The van der Waals surface area contributed by atoms with Crippen LogP contribution < -0.4 is 0 Å². The molecule has 20 aromatic rings. The minimum absolute atomic E-state index is 1.13. The molecule has 4 heteroatoms. The maximum Gasteiger partial charge on any atom is 0.0541 e. The Morgan fingerprint density at radius 3 is 0.554 bits per heavy atom. The fraction of sp³-hybridized carbons (Fsp3) is 0. The highest BCUT2D eigenvalue weighted by Crippen LogP contribution is 2.50. The number of hydrogen-bond donors (Lipinski definition) is 0. The second-order valence-corrected chi connectivity index (χ2v) is 24.7. The van der Waals surface area contributed by atoms with Crippen LogP contribution in [0.15, 0.2) is 328 Å². The molecule has 0 radical (unpaired) electrons. The van der Waals surface area contributed by atoms with Crippen molar-refractivity contribution in [1.82, 2.24) is 18.3 Å². The number of aromatic nitrogens is 4. The molecule has 0 aliphatic carbocycles. The lowest BCUT2D eigenvalue weighted by molar-refractivity contribution is 1.18. The summed E-state index contributed by atoms with van der Waals surface area (Å²) in [6, 6.07) is 122. The van der Waals surface area contributed by atoms with Crippen LogP contribution in [0.25, 0.3) is 187 Å². The Kier molecular flexibility index (Phi) is 10.8. The molecule has 0 N–H and O–H groups in total. The standard InChI is InChI=1S/C88H54N4/c1-9-25-79-65(17-1)66-18-2-10-26-80(66)89(79)59-41-33-55(34-42-59)63-49-51-73-76(58-39-47-62(48-40-58)92-85-31-15-7-23-71(85)72-24-8-16-32-86(72)92)54-78-64(56-35-43-60(44-36-56)90-81-27-11-3-19-67(81)68-20-4-12-28-82(68)90)50-52-74-75(53-77(63)87(73)88(74)78)57-37-45-61(46-38-57)91-83-29-13-5-21-69(83)70-22-6-14-30-84(70)91/h1-54H. The van der Waals surface area contributed by atoms with E-state index in [1.54, 1.807) is 0 Å². The van der Waals surface area contributed by atoms with Crippen molar-refractivity contribution in [2.24, 2.45) is 0 Å². The van der Waals surface area contributed by atoms with Gasteiger partial charge in [-0.2, -0.15) is 0 Å². The maximum atomic E-state index is 2.51. The summed E-state index contributed by atoms with van der Waals surface area (Å²) in [4.78, 5) is 0. The zero-order valence-electron chi connectivity index (χ0n) is 50.0. The largest absolute Gasteiger partial charge is 0.309 e. The van der Waals surface area contributed by atoms with Crippen LogP contribution in [-0.2, 0) is 0 Å². The van der Waals surface area contributed by atoms with Crippen molar-refractivity contribution >= 4 is 120 Å². The lowest BCUT2D eigenvalue weighted by Crippen LogP contribution is -1.97. The van der Waals surface area contributed by atoms with Crippen molar-refractivity contribution in [1.29, 1.82) is 0 Å². The van der Waals surface area contributed by atoms with Gasteiger partial charge in [-0.1, -0.05) is 218 Å². The van der Waals surface area contributed by atoms with Crippen LogP contribution in [0.3, 0.4) is 0 Å². The Morgan fingerprint density at radius 1 is 0.141 bits per heavy atom. The third-order valence-corrected chi connectivity index (χ3v) is 20.0. The molecule has 0 saturated carbocycles. The molecule has 0 unspecified atom stereocenters. The summed E-state index contributed by atoms with van der Waals surface area (Å²) >= 11 is 0. The molecule has 4 nitrogen and oxygen atoms in total. The summed E-state index contributed by atoms with van der Waals surface area (Å²) in [5.41, 5.74) is 23.6. The van der Waals surface area contributed by atoms with Crippen molar-refractivity contribution in [3.05, 3.63) is 328 Å². The lowest BCUT2D eigenvalue weighted by atomic mass is 9.81. The Balaban J connectivity index is 0.827. The fourth-order valence-corrected chi connectivity index (χ4v) is 15.9. The van der Waals surface area contributed by atoms with Gasteiger partial charge >= 0.3 is 0 Å². The summed E-state index contributed by atoms with van der Waals surface area (Å²) in [5.74, 6) is 0. The molecule has 0 atom stereocenters. The molecular formula is C88H54N4. The van der Waals surface area contributed by atoms with Gasteiger partial charge in [0.2, 0.25) is 0 Å². The Morgan fingerprint density at radius 2 is 0.337 bits per heavy atom. The molecule has 0 amide bonds. The van der Waals surface area contributed by atoms with Gasteiger partial charge in [0.05, 0.1) is 44.1 Å². The third-order valence-electron chi connectivity index (χ3n) is 20.0. The number of hydrogen-bond acceptors (Lipinski definition) is 0. The molecule has 0 bridgehead atoms. The van der Waals surface area contributed by atoms with Crippen molar-refractivity contribution in [3.8, 4) is 67.3 Å². The van der Waals surface area contributed by atoms with Gasteiger partial charge in [0.1, 0.15) is 0 Å². The van der Waals surface area contributed by atoms with Crippen LogP contribution in [0.4, 0.5) is 0 Å². The number of nitrogens with zero attached hydrogens (tertiary/aromatic N) is 4. The fourth-order valence-electron chi connectivity index (χ4n) is 15.9. The molecule has 4 aromatic heterocycles. The first kappa shape index (κ1) is 50.7. The SMILES string of the molecule is c1ccc2c(c1)c1ccccc1n2-c1ccc(-c2cc3c(-c4ccc(-n5c6ccccc6c6ccccc65)cc4)ccc4c(-c5ccc(-n6c7ccccc7c7ccccc76)cc5)cc5c(-c6ccc(-n7c8ccccc8c8ccccc87)cc6)ccc2c5c43)cc1. The monoisotopic (exact) mass is 1170 g/mol. The minimum Gasteiger partial charge on any atom is -0.309 e. The molecular weight excluding hydrogens is 1110 g/mol. The van der Waals surface area contributed by atoms with Crippen LogP contribution in [0.1, 0.15) is 0 Å². The first-order chi connectivity index (χ1) is 45.7. The lowest BCUT2D eigenvalue weighted by Gasteiger charge is -2.22. The van der Waals surface area contributed by atoms with Gasteiger partial charge in [0.15, 0.2) is 0 Å². The molecule has 4 heterocycles. The first-order valence-electron chi connectivity index (χ1n) is 31.8. The van der Waals surface area contributed by atoms with Gasteiger partial charge in [0, 0.05) is 65.8 Å². The highest BCUT2D eigenvalue weighted by Gasteiger charge is 2.24. The van der Waals surface area contributed by atoms with Gasteiger partial charge in [-0.05, 0) is 186 Å². The maximum absolute atomic E-state index is 2.51. The normalized spacial score (nSPS) is 12.1. The number of para-hydroxylation sites is 8. The molecule has 0 aliphatic rings. The second kappa shape index (κ2) is 19.6. The average molecular weight is 1170 g/mol. The minimum atomic E-state index is 1.13. The predicted octanol–water partition coefficient (Wildman–Crippen LogP) is 23.6. The van der Waals surface area contributed by atoms with Gasteiger partial charge in [-0.25, -0.2) is 0 Å². The molecule has 426 valence electrons. The van der Waals surface area contributed by atoms with E-state index in [0.717, 1.165) is 33.9 Å². The number of rotatable bonds is 8. The van der Waals surface area contributed by atoms with Gasteiger partial charge in [-0.15, -0.1) is 0 Å². The molecule has 16 aromatic carbocycles. The van der Waals surface area contributed by atoms with Gasteiger partial charge in [-0.3, -0.25) is 0 Å². The molecule has 0 spiro atoms. The van der Waals surface area contributed by atoms with E-state index in [1.807, 2.05) is 0 Å².